The highest BCUT2D eigenvalue weighted by Crippen LogP contribution is 2.14. The highest BCUT2D eigenvalue weighted by Gasteiger charge is 2.06. The van der Waals surface area contributed by atoms with Crippen LogP contribution in [0.1, 0.15) is 29.3 Å². The summed E-state index contributed by atoms with van der Waals surface area (Å²) in [7, 11) is 0. The molecule has 0 bridgehead atoms. The van der Waals surface area contributed by atoms with Crippen molar-refractivity contribution < 1.29 is 14.3 Å². The fourth-order valence-corrected chi connectivity index (χ4v) is 2.77. The van der Waals surface area contributed by atoms with Crippen molar-refractivity contribution in [3.63, 3.8) is 0 Å². The van der Waals surface area contributed by atoms with Crippen LogP contribution in [0.2, 0.25) is 0 Å². The van der Waals surface area contributed by atoms with E-state index in [0.29, 0.717) is 30.0 Å². The van der Waals surface area contributed by atoms with E-state index >= 15 is 0 Å². The van der Waals surface area contributed by atoms with Gasteiger partial charge in [-0.15, -0.1) is 0 Å². The second kappa shape index (κ2) is 9.50. The highest BCUT2D eigenvalue weighted by atomic mass is 16.5. The Morgan fingerprint density at radius 1 is 0.966 bits per heavy atom. The van der Waals surface area contributed by atoms with Gasteiger partial charge in [-0.1, -0.05) is 25.1 Å². The predicted octanol–water partition coefficient (Wildman–Crippen LogP) is 3.51. The van der Waals surface area contributed by atoms with Crippen molar-refractivity contribution in [2.75, 3.05) is 11.9 Å². The lowest BCUT2D eigenvalue weighted by Crippen LogP contribution is -2.20. The van der Waals surface area contributed by atoms with Gasteiger partial charge in [-0.05, 0) is 48.0 Å². The van der Waals surface area contributed by atoms with Crippen molar-refractivity contribution in [3.05, 3.63) is 94.4 Å². The van der Waals surface area contributed by atoms with Crippen LogP contribution in [-0.2, 0) is 11.3 Å². The first kappa shape index (κ1) is 20.1. The number of rotatable bonds is 8. The lowest BCUT2D eigenvalue weighted by molar-refractivity contribution is -0.118. The molecule has 3 aromatic rings. The number of benzene rings is 2. The summed E-state index contributed by atoms with van der Waals surface area (Å²) in [6.45, 7) is 2.14. The zero-order valence-corrected chi connectivity index (χ0v) is 16.1. The van der Waals surface area contributed by atoms with Crippen LogP contribution in [0.25, 0.3) is 0 Å². The summed E-state index contributed by atoms with van der Waals surface area (Å²) < 4.78 is 7.07. The van der Waals surface area contributed by atoms with Crippen molar-refractivity contribution in [1.29, 1.82) is 0 Å². The number of hydrogen-bond acceptors (Lipinski definition) is 4. The summed E-state index contributed by atoms with van der Waals surface area (Å²) in [6.07, 6.45) is 2.18. The molecule has 1 N–H and O–H groups in total. The standard InChI is InChI=1S/C23H22N2O4/c1-2-21(26)18-8-12-20(13-9-18)29-16-22(27)24-19-10-6-17(7-11-19)15-25-14-4-3-5-23(25)28/h3-14H,2,15-16H2,1H3,(H,24,27). The summed E-state index contributed by atoms with van der Waals surface area (Å²) in [5.74, 6) is 0.303. The Morgan fingerprint density at radius 2 is 1.69 bits per heavy atom. The molecule has 1 heterocycles. The molecule has 0 radical (unpaired) electrons. The average Bonchev–Trinajstić information content (AvgIpc) is 2.75. The molecule has 0 aliphatic heterocycles. The Bertz CT molecular complexity index is 1040. The van der Waals surface area contributed by atoms with Gasteiger partial charge in [0.25, 0.3) is 11.5 Å². The molecular formula is C23H22N2O4. The number of carbonyl (C=O) groups is 2. The molecular weight excluding hydrogens is 368 g/mol. The number of hydrogen-bond donors (Lipinski definition) is 1. The normalized spacial score (nSPS) is 10.4. The maximum Gasteiger partial charge on any atom is 0.262 e. The van der Waals surface area contributed by atoms with Gasteiger partial charge in [0.05, 0.1) is 6.54 Å². The molecule has 0 saturated carbocycles. The van der Waals surface area contributed by atoms with Gasteiger partial charge in [-0.3, -0.25) is 14.4 Å². The van der Waals surface area contributed by atoms with Gasteiger partial charge < -0.3 is 14.6 Å². The number of carbonyl (C=O) groups excluding carboxylic acids is 2. The number of ether oxygens (including phenoxy) is 1. The number of pyridine rings is 1. The third kappa shape index (κ3) is 5.65. The van der Waals surface area contributed by atoms with E-state index in [4.69, 9.17) is 4.74 Å². The molecule has 0 spiro atoms. The SMILES string of the molecule is CCC(=O)c1ccc(OCC(=O)Nc2ccc(Cn3ccccc3=O)cc2)cc1. The van der Waals surface area contributed by atoms with E-state index in [1.165, 1.54) is 6.07 Å². The lowest BCUT2D eigenvalue weighted by Gasteiger charge is -2.09. The number of Topliss-reactive ketones (excluding diaryl/α,β-unsaturated/α-hetero) is 1. The minimum Gasteiger partial charge on any atom is -0.484 e. The highest BCUT2D eigenvalue weighted by molar-refractivity contribution is 5.96. The minimum atomic E-state index is -0.286. The number of ketones is 1. The zero-order valence-electron chi connectivity index (χ0n) is 16.1. The van der Waals surface area contributed by atoms with Crippen molar-refractivity contribution in [2.45, 2.75) is 19.9 Å². The van der Waals surface area contributed by atoms with E-state index in [1.807, 2.05) is 25.1 Å². The molecule has 0 fully saturated rings. The summed E-state index contributed by atoms with van der Waals surface area (Å²) in [6, 6.07) is 19.1. The van der Waals surface area contributed by atoms with Crippen LogP contribution in [0.5, 0.6) is 5.75 Å². The second-order valence-electron chi connectivity index (χ2n) is 6.50. The molecule has 0 unspecified atom stereocenters. The number of amides is 1. The van der Waals surface area contributed by atoms with Crippen LogP contribution in [0.15, 0.2) is 77.7 Å². The van der Waals surface area contributed by atoms with Crippen LogP contribution in [0, 0.1) is 0 Å². The summed E-state index contributed by atoms with van der Waals surface area (Å²) in [4.78, 5) is 35.5. The summed E-state index contributed by atoms with van der Waals surface area (Å²) in [5.41, 5.74) is 2.16. The van der Waals surface area contributed by atoms with Crippen LogP contribution < -0.4 is 15.6 Å². The molecule has 3 rings (SSSR count). The quantitative estimate of drug-likeness (QED) is 0.597. The van der Waals surface area contributed by atoms with Crippen molar-refractivity contribution in [1.82, 2.24) is 4.57 Å². The topological polar surface area (TPSA) is 77.4 Å². The number of anilines is 1. The molecule has 148 valence electrons. The fourth-order valence-electron chi connectivity index (χ4n) is 2.77. The van der Waals surface area contributed by atoms with Crippen molar-refractivity contribution in [3.8, 4) is 5.75 Å². The maximum atomic E-state index is 12.1. The fraction of sp³-hybridized carbons (Fsp3) is 0.174. The molecule has 6 nitrogen and oxygen atoms in total. The van der Waals surface area contributed by atoms with E-state index < -0.39 is 0 Å². The molecule has 0 saturated heterocycles. The number of aromatic nitrogens is 1. The first-order valence-electron chi connectivity index (χ1n) is 9.35. The Balaban J connectivity index is 1.51. The lowest BCUT2D eigenvalue weighted by atomic mass is 10.1. The molecule has 1 aromatic heterocycles. The average molecular weight is 390 g/mol. The molecule has 6 heteroatoms. The molecule has 0 aliphatic carbocycles. The van der Waals surface area contributed by atoms with Gasteiger partial charge in [0.2, 0.25) is 0 Å². The Hall–Kier alpha value is -3.67. The largest absolute Gasteiger partial charge is 0.484 e. The third-order valence-electron chi connectivity index (χ3n) is 4.36. The zero-order chi connectivity index (χ0) is 20.6. The monoisotopic (exact) mass is 390 g/mol. The van der Waals surface area contributed by atoms with E-state index in [1.54, 1.807) is 53.2 Å². The number of nitrogens with one attached hydrogen (secondary N) is 1. The first-order chi connectivity index (χ1) is 14.0. The Kier molecular flexibility index (Phi) is 6.58. The number of nitrogens with zero attached hydrogens (tertiary/aromatic N) is 1. The maximum absolute atomic E-state index is 12.1. The van der Waals surface area contributed by atoms with Crippen molar-refractivity contribution >= 4 is 17.4 Å². The van der Waals surface area contributed by atoms with Gasteiger partial charge in [-0.2, -0.15) is 0 Å². The van der Waals surface area contributed by atoms with Crippen LogP contribution in [-0.4, -0.2) is 22.9 Å². The van der Waals surface area contributed by atoms with Gasteiger partial charge in [0.1, 0.15) is 5.75 Å². The van der Waals surface area contributed by atoms with Gasteiger partial charge in [0.15, 0.2) is 12.4 Å². The van der Waals surface area contributed by atoms with E-state index in [0.717, 1.165) is 5.56 Å². The summed E-state index contributed by atoms with van der Waals surface area (Å²) >= 11 is 0. The molecule has 29 heavy (non-hydrogen) atoms. The smallest absolute Gasteiger partial charge is 0.262 e. The van der Waals surface area contributed by atoms with E-state index in [-0.39, 0.29) is 23.9 Å². The van der Waals surface area contributed by atoms with Gasteiger partial charge in [0, 0.05) is 29.9 Å². The molecule has 0 atom stereocenters. The molecule has 0 aliphatic rings. The third-order valence-corrected chi connectivity index (χ3v) is 4.36. The van der Waals surface area contributed by atoms with Gasteiger partial charge >= 0.3 is 0 Å². The van der Waals surface area contributed by atoms with Gasteiger partial charge in [-0.25, -0.2) is 0 Å². The molecule has 1 amide bonds. The van der Waals surface area contributed by atoms with Crippen LogP contribution in [0.3, 0.4) is 0 Å². The van der Waals surface area contributed by atoms with Crippen LogP contribution >= 0.6 is 0 Å². The second-order valence-corrected chi connectivity index (χ2v) is 6.50. The van der Waals surface area contributed by atoms with E-state index in [2.05, 4.69) is 5.32 Å². The summed E-state index contributed by atoms with van der Waals surface area (Å²) in [5, 5.41) is 2.77. The Labute approximate surface area is 168 Å². The predicted molar refractivity (Wildman–Crippen MR) is 111 cm³/mol. The van der Waals surface area contributed by atoms with Crippen LogP contribution in [0.4, 0.5) is 5.69 Å². The van der Waals surface area contributed by atoms with E-state index in [9.17, 15) is 14.4 Å². The van der Waals surface area contributed by atoms with Crippen molar-refractivity contribution in [2.24, 2.45) is 0 Å². The minimum absolute atomic E-state index is 0.0610. The first-order valence-corrected chi connectivity index (χ1v) is 9.35. The molecule has 2 aromatic carbocycles. The Morgan fingerprint density at radius 3 is 2.34 bits per heavy atom.